The normalized spacial score (nSPS) is 11.5. The van der Waals surface area contributed by atoms with Gasteiger partial charge in [-0.05, 0) is 46.0 Å². The van der Waals surface area contributed by atoms with Crippen LogP contribution in [0.1, 0.15) is 32.2 Å². The molecule has 6 heteroatoms. The number of fused-ring (bicyclic) bond motifs is 1. The van der Waals surface area contributed by atoms with Crippen molar-refractivity contribution in [3.8, 4) is 17.2 Å². The summed E-state index contributed by atoms with van der Waals surface area (Å²) in [5.74, 6) is 1.30. The fourth-order valence-electron chi connectivity index (χ4n) is 3.35. The largest absolute Gasteiger partial charge is 0.484 e. The number of nitrogens with zero attached hydrogens (tertiary/aromatic N) is 3. The third kappa shape index (κ3) is 4.97. The number of amides is 1. The Morgan fingerprint density at radius 1 is 0.969 bits per heavy atom. The topological polar surface area (TPSA) is 68.5 Å². The lowest BCUT2D eigenvalue weighted by Gasteiger charge is -2.18. The Kier molecular flexibility index (Phi) is 5.95. The second-order valence-electron chi connectivity index (χ2n) is 8.88. The molecule has 1 heterocycles. The molecule has 164 valence electrons. The minimum absolute atomic E-state index is 0.0654. The Morgan fingerprint density at radius 3 is 2.41 bits per heavy atom. The molecular weight excluding hydrogens is 402 g/mol. The van der Waals surface area contributed by atoms with Gasteiger partial charge in [-0.1, -0.05) is 63.2 Å². The Labute approximate surface area is 187 Å². The molecule has 0 aliphatic carbocycles. The standard InChI is InChI=1S/C26H27N3O3/c1-26(2,3)21-12-9-19(10-13-21)25-28-27-23(32-25)16-29(4)24(30)17-31-22-14-11-18-7-5-6-8-20(18)15-22/h5-15H,16-17H2,1-4H3. The first-order valence-electron chi connectivity index (χ1n) is 10.6. The number of hydrogen-bond donors (Lipinski definition) is 0. The van der Waals surface area contributed by atoms with Gasteiger partial charge in [0.15, 0.2) is 6.61 Å². The molecule has 32 heavy (non-hydrogen) atoms. The average Bonchev–Trinajstić information content (AvgIpc) is 3.25. The zero-order valence-electron chi connectivity index (χ0n) is 18.8. The van der Waals surface area contributed by atoms with E-state index in [0.29, 0.717) is 17.5 Å². The maximum absolute atomic E-state index is 12.5. The molecule has 0 aliphatic rings. The van der Waals surface area contributed by atoms with E-state index in [4.69, 9.17) is 9.15 Å². The summed E-state index contributed by atoms with van der Waals surface area (Å²) in [6.45, 7) is 6.66. The Hall–Kier alpha value is -3.67. The third-order valence-corrected chi connectivity index (χ3v) is 5.35. The predicted molar refractivity (Wildman–Crippen MR) is 124 cm³/mol. The van der Waals surface area contributed by atoms with Crippen molar-refractivity contribution in [2.75, 3.05) is 13.7 Å². The summed E-state index contributed by atoms with van der Waals surface area (Å²) in [5, 5.41) is 10.4. The smallest absolute Gasteiger partial charge is 0.260 e. The van der Waals surface area contributed by atoms with Crippen LogP contribution < -0.4 is 4.74 Å². The maximum Gasteiger partial charge on any atom is 0.260 e. The number of likely N-dealkylation sites (N-methyl/N-ethyl adjacent to an activating group) is 1. The number of hydrogen-bond acceptors (Lipinski definition) is 5. The summed E-state index contributed by atoms with van der Waals surface area (Å²) in [6.07, 6.45) is 0. The molecular formula is C26H27N3O3. The molecule has 1 aromatic heterocycles. The number of benzene rings is 3. The second kappa shape index (κ2) is 8.83. The van der Waals surface area contributed by atoms with Crippen molar-refractivity contribution in [3.63, 3.8) is 0 Å². The van der Waals surface area contributed by atoms with Gasteiger partial charge < -0.3 is 14.1 Å². The zero-order valence-corrected chi connectivity index (χ0v) is 18.8. The number of rotatable bonds is 6. The first-order chi connectivity index (χ1) is 15.3. The lowest BCUT2D eigenvalue weighted by atomic mass is 9.87. The average molecular weight is 430 g/mol. The summed E-state index contributed by atoms with van der Waals surface area (Å²) in [6, 6.07) is 21.9. The molecule has 0 bridgehead atoms. The molecule has 4 aromatic rings. The van der Waals surface area contributed by atoms with Gasteiger partial charge >= 0.3 is 0 Å². The minimum atomic E-state index is -0.174. The molecule has 1 amide bonds. The highest BCUT2D eigenvalue weighted by molar-refractivity contribution is 5.84. The maximum atomic E-state index is 12.5. The van der Waals surface area contributed by atoms with Crippen molar-refractivity contribution in [1.29, 1.82) is 0 Å². The second-order valence-corrected chi connectivity index (χ2v) is 8.88. The van der Waals surface area contributed by atoms with Gasteiger partial charge in [0.05, 0.1) is 6.54 Å². The van der Waals surface area contributed by atoms with Crippen molar-refractivity contribution in [3.05, 3.63) is 78.2 Å². The van der Waals surface area contributed by atoms with Crippen LogP contribution >= 0.6 is 0 Å². The SMILES string of the molecule is CN(Cc1nnc(-c2ccc(C(C)(C)C)cc2)o1)C(=O)COc1ccc2ccccc2c1. The fourth-order valence-corrected chi connectivity index (χ4v) is 3.35. The van der Waals surface area contributed by atoms with Crippen molar-refractivity contribution >= 4 is 16.7 Å². The molecule has 0 atom stereocenters. The Morgan fingerprint density at radius 2 is 1.69 bits per heavy atom. The van der Waals surface area contributed by atoms with E-state index in [1.54, 1.807) is 7.05 Å². The molecule has 0 N–H and O–H groups in total. The quantitative estimate of drug-likeness (QED) is 0.420. The van der Waals surface area contributed by atoms with Crippen LogP contribution in [0.4, 0.5) is 0 Å². The van der Waals surface area contributed by atoms with Gasteiger partial charge in [-0.2, -0.15) is 0 Å². The lowest BCUT2D eigenvalue weighted by molar-refractivity contribution is -0.132. The molecule has 0 spiro atoms. The van der Waals surface area contributed by atoms with E-state index in [1.165, 1.54) is 10.5 Å². The number of carbonyl (C=O) groups excluding carboxylic acids is 1. The summed E-state index contributed by atoms with van der Waals surface area (Å²) >= 11 is 0. The molecule has 0 saturated carbocycles. The predicted octanol–water partition coefficient (Wildman–Crippen LogP) is 5.22. The summed E-state index contributed by atoms with van der Waals surface area (Å²) in [7, 11) is 1.69. The van der Waals surface area contributed by atoms with Crippen LogP contribution in [0, 0.1) is 0 Å². The van der Waals surface area contributed by atoms with Gasteiger partial charge in [-0.25, -0.2) is 0 Å². The molecule has 0 aliphatic heterocycles. The van der Waals surface area contributed by atoms with Crippen molar-refractivity contribution in [1.82, 2.24) is 15.1 Å². The monoisotopic (exact) mass is 429 g/mol. The van der Waals surface area contributed by atoms with Crippen LogP contribution in [0.5, 0.6) is 5.75 Å². The fraction of sp³-hybridized carbons (Fsp3) is 0.269. The lowest BCUT2D eigenvalue weighted by Crippen LogP contribution is -2.31. The highest BCUT2D eigenvalue weighted by Crippen LogP contribution is 2.26. The van der Waals surface area contributed by atoms with Gasteiger partial charge in [0, 0.05) is 12.6 Å². The van der Waals surface area contributed by atoms with Crippen molar-refractivity contribution < 1.29 is 13.9 Å². The molecule has 0 unspecified atom stereocenters. The molecule has 3 aromatic carbocycles. The van der Waals surface area contributed by atoms with Crippen LogP contribution in [0.3, 0.4) is 0 Å². The van der Waals surface area contributed by atoms with E-state index in [2.05, 4.69) is 43.1 Å². The van der Waals surface area contributed by atoms with Gasteiger partial charge in [-0.15, -0.1) is 10.2 Å². The van der Waals surface area contributed by atoms with Crippen LogP contribution in [-0.4, -0.2) is 34.7 Å². The van der Waals surface area contributed by atoms with E-state index in [0.717, 1.165) is 16.3 Å². The first-order valence-corrected chi connectivity index (χ1v) is 10.6. The van der Waals surface area contributed by atoms with Crippen molar-refractivity contribution in [2.45, 2.75) is 32.7 Å². The molecule has 0 saturated heterocycles. The molecule has 0 radical (unpaired) electrons. The Balaban J connectivity index is 1.34. The van der Waals surface area contributed by atoms with Gasteiger partial charge in [-0.3, -0.25) is 4.79 Å². The third-order valence-electron chi connectivity index (χ3n) is 5.35. The zero-order chi connectivity index (χ0) is 22.7. The minimum Gasteiger partial charge on any atom is -0.484 e. The number of ether oxygens (including phenoxy) is 1. The van der Waals surface area contributed by atoms with Crippen molar-refractivity contribution in [2.24, 2.45) is 0 Å². The van der Waals surface area contributed by atoms with E-state index < -0.39 is 0 Å². The van der Waals surface area contributed by atoms with Crippen LogP contribution in [0.25, 0.3) is 22.2 Å². The van der Waals surface area contributed by atoms with E-state index in [1.807, 2.05) is 54.6 Å². The molecule has 6 nitrogen and oxygen atoms in total. The van der Waals surface area contributed by atoms with Gasteiger partial charge in [0.2, 0.25) is 11.8 Å². The summed E-state index contributed by atoms with van der Waals surface area (Å²) in [4.78, 5) is 14.0. The van der Waals surface area contributed by atoms with Crippen LogP contribution in [0.15, 0.2) is 71.1 Å². The number of aromatic nitrogens is 2. The van der Waals surface area contributed by atoms with E-state index in [-0.39, 0.29) is 24.5 Å². The van der Waals surface area contributed by atoms with E-state index >= 15 is 0 Å². The van der Waals surface area contributed by atoms with Gasteiger partial charge in [0.25, 0.3) is 5.91 Å². The van der Waals surface area contributed by atoms with Gasteiger partial charge in [0.1, 0.15) is 5.75 Å². The molecule has 4 rings (SSSR count). The Bertz CT molecular complexity index is 1220. The summed E-state index contributed by atoms with van der Waals surface area (Å²) < 4.78 is 11.5. The highest BCUT2D eigenvalue weighted by atomic mass is 16.5. The highest BCUT2D eigenvalue weighted by Gasteiger charge is 2.17. The summed E-state index contributed by atoms with van der Waals surface area (Å²) in [5.41, 5.74) is 2.17. The van der Waals surface area contributed by atoms with Crippen LogP contribution in [0.2, 0.25) is 0 Å². The first kappa shape index (κ1) is 21.6. The van der Waals surface area contributed by atoms with Crippen LogP contribution in [-0.2, 0) is 16.8 Å². The molecule has 0 fully saturated rings. The van der Waals surface area contributed by atoms with E-state index in [9.17, 15) is 4.79 Å². The number of carbonyl (C=O) groups is 1.